The molecule has 112 valence electrons. The summed E-state index contributed by atoms with van der Waals surface area (Å²) in [6.45, 7) is 2.76. The number of nitrogen functional groups attached to an aromatic ring is 1. The van der Waals surface area contributed by atoms with Crippen molar-refractivity contribution in [3.05, 3.63) is 23.8 Å². The van der Waals surface area contributed by atoms with E-state index in [-0.39, 0.29) is 17.8 Å². The maximum atomic E-state index is 12.8. The highest BCUT2D eigenvalue weighted by molar-refractivity contribution is 5.91. The van der Waals surface area contributed by atoms with Crippen molar-refractivity contribution in [3.8, 4) is 0 Å². The molecule has 1 amide bonds. The lowest BCUT2D eigenvalue weighted by atomic mass is 10.1. The van der Waals surface area contributed by atoms with E-state index in [9.17, 15) is 18.0 Å². The van der Waals surface area contributed by atoms with Crippen LogP contribution in [-0.2, 0) is 15.7 Å². The summed E-state index contributed by atoms with van der Waals surface area (Å²) < 4.78 is 43.5. The molecule has 0 aliphatic carbocycles. The van der Waals surface area contributed by atoms with Crippen molar-refractivity contribution in [2.45, 2.75) is 25.9 Å². The predicted octanol–water partition coefficient (Wildman–Crippen LogP) is 3.04. The molecule has 0 saturated carbocycles. The summed E-state index contributed by atoms with van der Waals surface area (Å²) in [5.74, 6) is -0.486. The van der Waals surface area contributed by atoms with Crippen LogP contribution in [0, 0.1) is 0 Å². The van der Waals surface area contributed by atoms with Gasteiger partial charge in [-0.05, 0) is 31.5 Å². The minimum Gasteiger partial charge on any atom is -0.399 e. The maximum Gasteiger partial charge on any atom is 0.418 e. The lowest BCUT2D eigenvalue weighted by Crippen LogP contribution is -2.17. The Bertz CT molecular complexity index is 461. The summed E-state index contributed by atoms with van der Waals surface area (Å²) in [6, 6.07) is 3.26. The van der Waals surface area contributed by atoms with Crippen molar-refractivity contribution < 1.29 is 22.7 Å². The summed E-state index contributed by atoms with van der Waals surface area (Å²) in [6.07, 6.45) is -4.01. The van der Waals surface area contributed by atoms with Crippen molar-refractivity contribution in [1.82, 2.24) is 0 Å². The number of hydrogen-bond donors (Lipinski definition) is 2. The molecule has 1 aromatic rings. The van der Waals surface area contributed by atoms with E-state index in [1.54, 1.807) is 0 Å². The number of amides is 1. The van der Waals surface area contributed by atoms with Crippen LogP contribution in [0.1, 0.15) is 25.3 Å². The van der Waals surface area contributed by atoms with E-state index in [4.69, 9.17) is 10.5 Å². The van der Waals surface area contributed by atoms with Gasteiger partial charge in [0.05, 0.1) is 11.3 Å². The van der Waals surface area contributed by atoms with Gasteiger partial charge in [-0.3, -0.25) is 4.79 Å². The minimum atomic E-state index is -4.57. The second kappa shape index (κ2) is 7.14. The van der Waals surface area contributed by atoms with E-state index in [1.807, 2.05) is 6.92 Å². The number of halogens is 3. The molecule has 0 fully saturated rings. The third kappa shape index (κ3) is 5.08. The van der Waals surface area contributed by atoms with Gasteiger partial charge >= 0.3 is 6.18 Å². The maximum absolute atomic E-state index is 12.8. The molecule has 1 aromatic carbocycles. The lowest BCUT2D eigenvalue weighted by molar-refractivity contribution is -0.136. The zero-order valence-corrected chi connectivity index (χ0v) is 11.1. The van der Waals surface area contributed by atoms with E-state index in [0.29, 0.717) is 19.6 Å². The van der Waals surface area contributed by atoms with Gasteiger partial charge in [0.1, 0.15) is 0 Å². The fraction of sp³-hybridized carbons (Fsp3) is 0.462. The molecule has 20 heavy (non-hydrogen) atoms. The number of carbonyl (C=O) groups excluding carboxylic acids is 1. The van der Waals surface area contributed by atoms with E-state index >= 15 is 0 Å². The third-order valence-corrected chi connectivity index (χ3v) is 2.52. The smallest absolute Gasteiger partial charge is 0.399 e. The predicted molar refractivity (Wildman–Crippen MR) is 70.2 cm³/mol. The van der Waals surface area contributed by atoms with Gasteiger partial charge in [-0.1, -0.05) is 0 Å². The van der Waals surface area contributed by atoms with E-state index in [0.717, 1.165) is 12.1 Å². The van der Waals surface area contributed by atoms with Crippen LogP contribution in [0.5, 0.6) is 0 Å². The first kappa shape index (κ1) is 16.3. The highest BCUT2D eigenvalue weighted by atomic mass is 19.4. The molecule has 0 aliphatic heterocycles. The molecule has 0 atom stereocenters. The average molecular weight is 290 g/mol. The molecule has 0 aromatic heterocycles. The van der Waals surface area contributed by atoms with Crippen LogP contribution >= 0.6 is 0 Å². The topological polar surface area (TPSA) is 64.3 Å². The van der Waals surface area contributed by atoms with Crippen LogP contribution in [0.15, 0.2) is 18.2 Å². The Balaban J connectivity index is 2.70. The number of benzene rings is 1. The second-order valence-corrected chi connectivity index (χ2v) is 4.15. The highest BCUT2D eigenvalue weighted by Gasteiger charge is 2.34. The first-order valence-corrected chi connectivity index (χ1v) is 6.19. The van der Waals surface area contributed by atoms with Crippen molar-refractivity contribution in [2.75, 3.05) is 24.3 Å². The molecule has 1 rings (SSSR count). The standard InChI is InChI=1S/C13H17F3N2O2/c1-2-20-7-3-4-12(19)18-11-6-5-9(17)8-10(11)13(14,15)16/h5-6,8H,2-4,7,17H2,1H3,(H,18,19). The van der Waals surface area contributed by atoms with E-state index in [1.165, 1.54) is 6.07 Å². The van der Waals surface area contributed by atoms with Crippen LogP contribution in [0.3, 0.4) is 0 Å². The van der Waals surface area contributed by atoms with Gasteiger partial charge in [-0.15, -0.1) is 0 Å². The molecule has 3 N–H and O–H groups in total. The van der Waals surface area contributed by atoms with Gasteiger partial charge in [0.25, 0.3) is 0 Å². The van der Waals surface area contributed by atoms with Gasteiger partial charge in [0, 0.05) is 25.3 Å². The molecule has 0 saturated heterocycles. The molecule has 7 heteroatoms. The molecule has 0 bridgehead atoms. The normalized spacial score (nSPS) is 11.4. The monoisotopic (exact) mass is 290 g/mol. The van der Waals surface area contributed by atoms with Crippen LogP contribution in [0.25, 0.3) is 0 Å². The zero-order chi connectivity index (χ0) is 15.2. The van der Waals surface area contributed by atoms with Crippen LogP contribution in [0.4, 0.5) is 24.5 Å². The van der Waals surface area contributed by atoms with Gasteiger partial charge in [0.15, 0.2) is 0 Å². The first-order valence-electron chi connectivity index (χ1n) is 6.19. The quantitative estimate of drug-likeness (QED) is 0.625. The fourth-order valence-electron chi connectivity index (χ4n) is 1.60. The van der Waals surface area contributed by atoms with Crippen molar-refractivity contribution >= 4 is 17.3 Å². The molecule has 0 spiro atoms. The second-order valence-electron chi connectivity index (χ2n) is 4.15. The minimum absolute atomic E-state index is 0.00771. The fourth-order valence-corrected chi connectivity index (χ4v) is 1.60. The Kier molecular flexibility index (Phi) is 5.82. The van der Waals surface area contributed by atoms with Crippen LogP contribution in [0.2, 0.25) is 0 Å². The van der Waals surface area contributed by atoms with Crippen molar-refractivity contribution in [2.24, 2.45) is 0 Å². The van der Waals surface area contributed by atoms with Gasteiger partial charge < -0.3 is 15.8 Å². The zero-order valence-electron chi connectivity index (χ0n) is 11.1. The van der Waals surface area contributed by atoms with Crippen LogP contribution < -0.4 is 11.1 Å². The number of nitrogens with two attached hydrogens (primary N) is 1. The molecule has 0 radical (unpaired) electrons. The Morgan fingerprint density at radius 1 is 1.40 bits per heavy atom. The molecular weight excluding hydrogens is 273 g/mol. The highest BCUT2D eigenvalue weighted by Crippen LogP contribution is 2.36. The summed E-state index contributed by atoms with van der Waals surface area (Å²) in [5.41, 5.74) is 4.10. The number of nitrogens with one attached hydrogen (secondary N) is 1. The summed E-state index contributed by atoms with van der Waals surface area (Å²) in [5, 5.41) is 2.25. The number of hydrogen-bond acceptors (Lipinski definition) is 3. The van der Waals surface area contributed by atoms with E-state index in [2.05, 4.69) is 5.32 Å². The largest absolute Gasteiger partial charge is 0.418 e. The molecule has 4 nitrogen and oxygen atoms in total. The summed E-state index contributed by atoms with van der Waals surface area (Å²) in [4.78, 5) is 11.6. The number of ether oxygens (including phenoxy) is 1. The van der Waals surface area contributed by atoms with Crippen molar-refractivity contribution in [3.63, 3.8) is 0 Å². The lowest BCUT2D eigenvalue weighted by Gasteiger charge is -2.14. The first-order chi connectivity index (χ1) is 9.34. The number of carbonyl (C=O) groups is 1. The Morgan fingerprint density at radius 2 is 2.10 bits per heavy atom. The Hall–Kier alpha value is -1.76. The molecule has 0 aliphatic rings. The van der Waals surface area contributed by atoms with Gasteiger partial charge in [-0.2, -0.15) is 13.2 Å². The van der Waals surface area contributed by atoms with Crippen molar-refractivity contribution in [1.29, 1.82) is 0 Å². The SMILES string of the molecule is CCOCCCC(=O)Nc1ccc(N)cc1C(F)(F)F. The third-order valence-electron chi connectivity index (χ3n) is 2.52. The Labute approximate surface area is 115 Å². The van der Waals surface area contributed by atoms with E-state index < -0.39 is 17.6 Å². The average Bonchev–Trinajstić information content (AvgIpc) is 2.35. The Morgan fingerprint density at radius 3 is 2.70 bits per heavy atom. The molecular formula is C13H17F3N2O2. The summed E-state index contributed by atoms with van der Waals surface area (Å²) >= 11 is 0. The number of anilines is 2. The van der Waals surface area contributed by atoms with Gasteiger partial charge in [-0.25, -0.2) is 0 Å². The number of rotatable bonds is 6. The molecule has 0 heterocycles. The summed E-state index contributed by atoms with van der Waals surface area (Å²) in [7, 11) is 0. The number of alkyl halides is 3. The van der Waals surface area contributed by atoms with Gasteiger partial charge in [0.2, 0.25) is 5.91 Å². The molecule has 0 unspecified atom stereocenters. The van der Waals surface area contributed by atoms with Crippen LogP contribution in [-0.4, -0.2) is 19.1 Å².